The third-order valence-electron chi connectivity index (χ3n) is 4.70. The second kappa shape index (κ2) is 9.11. The van der Waals surface area contributed by atoms with Gasteiger partial charge >= 0.3 is 6.18 Å². The summed E-state index contributed by atoms with van der Waals surface area (Å²) >= 11 is 0. The van der Waals surface area contributed by atoms with Crippen molar-refractivity contribution < 1.29 is 27.4 Å². The molecule has 0 bridgehead atoms. The molecule has 1 aromatic heterocycles. The Bertz CT molecular complexity index is 1050. The van der Waals surface area contributed by atoms with Crippen LogP contribution in [0.4, 0.5) is 13.2 Å². The molecule has 6 nitrogen and oxygen atoms in total. The smallest absolute Gasteiger partial charge is 0.390 e. The number of carbonyl (C=O) groups is 1. The highest BCUT2D eigenvalue weighted by molar-refractivity contribution is 6.00. The van der Waals surface area contributed by atoms with Gasteiger partial charge in [0.25, 0.3) is 5.91 Å². The van der Waals surface area contributed by atoms with Crippen molar-refractivity contribution in [2.75, 3.05) is 27.8 Å². The third kappa shape index (κ3) is 5.17. The van der Waals surface area contributed by atoms with E-state index in [0.717, 1.165) is 4.90 Å². The van der Waals surface area contributed by atoms with Crippen molar-refractivity contribution in [3.63, 3.8) is 0 Å². The number of benzene rings is 2. The summed E-state index contributed by atoms with van der Waals surface area (Å²) in [6.45, 7) is -0.454. The highest BCUT2D eigenvalue weighted by Gasteiger charge is 2.29. The van der Waals surface area contributed by atoms with E-state index in [9.17, 15) is 18.0 Å². The van der Waals surface area contributed by atoms with E-state index < -0.39 is 25.0 Å². The molecule has 0 aliphatic heterocycles. The van der Waals surface area contributed by atoms with Crippen LogP contribution >= 0.6 is 0 Å². The zero-order chi connectivity index (χ0) is 22.6. The number of ether oxygens (including phenoxy) is 2. The molecule has 1 amide bonds. The maximum absolute atomic E-state index is 13.0. The molecule has 3 aromatic rings. The van der Waals surface area contributed by atoms with Gasteiger partial charge in [-0.25, -0.2) is 4.68 Å². The van der Waals surface area contributed by atoms with Crippen molar-refractivity contribution in [1.29, 1.82) is 0 Å². The van der Waals surface area contributed by atoms with E-state index in [1.165, 1.54) is 32.1 Å². The van der Waals surface area contributed by atoms with Gasteiger partial charge in [0.1, 0.15) is 5.69 Å². The number of carbonyl (C=O) groups excluding carboxylic acids is 1. The number of aromatic nitrogens is 2. The largest absolute Gasteiger partial charge is 0.493 e. The minimum Gasteiger partial charge on any atom is -0.493 e. The number of amides is 1. The molecule has 0 unspecified atom stereocenters. The fourth-order valence-electron chi connectivity index (χ4n) is 3.04. The Balaban J connectivity index is 2.05. The van der Waals surface area contributed by atoms with Gasteiger partial charge in [-0.15, -0.1) is 0 Å². The number of nitrogens with zero attached hydrogens (tertiary/aromatic N) is 3. The second-order valence-electron chi connectivity index (χ2n) is 6.83. The molecule has 0 spiro atoms. The maximum atomic E-state index is 13.0. The molecule has 0 N–H and O–H groups in total. The Kier molecular flexibility index (Phi) is 6.53. The van der Waals surface area contributed by atoms with Crippen LogP contribution in [0, 0.1) is 0 Å². The summed E-state index contributed by atoms with van der Waals surface area (Å²) in [7, 11) is 4.33. The molecule has 0 fully saturated rings. The van der Waals surface area contributed by atoms with Gasteiger partial charge in [-0.05, 0) is 30.3 Å². The fourth-order valence-corrected chi connectivity index (χ4v) is 3.04. The molecule has 31 heavy (non-hydrogen) atoms. The first-order valence-electron chi connectivity index (χ1n) is 9.43. The summed E-state index contributed by atoms with van der Waals surface area (Å²) in [5.74, 6) is 0.387. The quantitative estimate of drug-likeness (QED) is 0.547. The van der Waals surface area contributed by atoms with Crippen molar-refractivity contribution in [1.82, 2.24) is 14.7 Å². The van der Waals surface area contributed by atoms with Crippen LogP contribution in [0.15, 0.2) is 54.7 Å². The van der Waals surface area contributed by atoms with Crippen molar-refractivity contribution >= 4 is 5.91 Å². The van der Waals surface area contributed by atoms with E-state index in [0.29, 0.717) is 28.4 Å². The number of hydrogen-bond acceptors (Lipinski definition) is 4. The number of methoxy groups -OCH3 is 2. The van der Waals surface area contributed by atoms with Gasteiger partial charge in [0.15, 0.2) is 11.5 Å². The summed E-state index contributed by atoms with van der Waals surface area (Å²) in [5.41, 5.74) is 1.79. The summed E-state index contributed by atoms with van der Waals surface area (Å²) in [6.07, 6.45) is -3.92. The van der Waals surface area contributed by atoms with Crippen molar-refractivity contribution in [2.45, 2.75) is 12.6 Å². The van der Waals surface area contributed by atoms with E-state index in [1.807, 2.05) is 30.3 Å². The van der Waals surface area contributed by atoms with Crippen LogP contribution in [-0.2, 0) is 0 Å². The minimum atomic E-state index is -4.35. The Hall–Kier alpha value is -3.49. The molecule has 2 aromatic carbocycles. The fraction of sp³-hybridized carbons (Fsp3) is 0.273. The lowest BCUT2D eigenvalue weighted by Crippen LogP contribution is -2.30. The second-order valence-corrected chi connectivity index (χ2v) is 6.83. The molecule has 1 heterocycles. The van der Waals surface area contributed by atoms with Crippen molar-refractivity contribution in [2.24, 2.45) is 0 Å². The number of halogens is 3. The summed E-state index contributed by atoms with van der Waals surface area (Å²) in [5, 5.41) is 4.54. The molecule has 0 aliphatic carbocycles. The molecule has 0 radical (unpaired) electrons. The van der Waals surface area contributed by atoms with E-state index in [2.05, 4.69) is 5.10 Å². The predicted molar refractivity (Wildman–Crippen MR) is 110 cm³/mol. The number of rotatable bonds is 7. The molecular formula is C22H22F3N3O3. The summed E-state index contributed by atoms with van der Waals surface area (Å²) in [6, 6.07) is 14.2. The third-order valence-corrected chi connectivity index (χ3v) is 4.70. The first kappa shape index (κ1) is 22.2. The molecule has 164 valence electrons. The predicted octanol–water partition coefficient (Wildman–Crippen LogP) is 4.58. The Morgan fingerprint density at radius 1 is 1.06 bits per heavy atom. The van der Waals surface area contributed by atoms with Crippen LogP contribution in [0.2, 0.25) is 0 Å². The Labute approximate surface area is 177 Å². The van der Waals surface area contributed by atoms with Crippen LogP contribution in [0.3, 0.4) is 0 Å². The SMILES string of the molecule is COc1ccc(-c2nn(-c3ccccc3)cc2C(=O)N(C)CCC(F)(F)F)cc1OC. The molecule has 3 rings (SSSR count). The van der Waals surface area contributed by atoms with E-state index in [4.69, 9.17) is 9.47 Å². The zero-order valence-corrected chi connectivity index (χ0v) is 17.3. The van der Waals surface area contributed by atoms with Crippen LogP contribution in [0.5, 0.6) is 11.5 Å². The van der Waals surface area contributed by atoms with Gasteiger partial charge < -0.3 is 14.4 Å². The number of hydrogen-bond donors (Lipinski definition) is 0. The first-order valence-corrected chi connectivity index (χ1v) is 9.43. The number of para-hydroxylation sites is 1. The summed E-state index contributed by atoms with van der Waals surface area (Å²) in [4.78, 5) is 14.1. The monoisotopic (exact) mass is 433 g/mol. The minimum absolute atomic E-state index is 0.181. The van der Waals surface area contributed by atoms with Crippen LogP contribution < -0.4 is 9.47 Å². The average molecular weight is 433 g/mol. The first-order chi connectivity index (χ1) is 14.7. The Morgan fingerprint density at radius 2 is 1.74 bits per heavy atom. The standard InChI is InChI=1S/C22H22F3N3O3/c1-27(12-11-22(23,24)25)21(29)17-14-28(16-7-5-4-6-8-16)26-20(17)15-9-10-18(30-2)19(13-15)31-3/h4-10,13-14H,11-12H2,1-3H3. The summed E-state index contributed by atoms with van der Waals surface area (Å²) < 4.78 is 50.0. The van der Waals surface area contributed by atoms with Gasteiger partial charge in [0, 0.05) is 25.4 Å². The molecular weight excluding hydrogens is 411 g/mol. The van der Waals surface area contributed by atoms with Crippen LogP contribution in [0.25, 0.3) is 16.9 Å². The number of alkyl halides is 3. The highest BCUT2D eigenvalue weighted by atomic mass is 19.4. The van der Waals surface area contributed by atoms with E-state index in [1.54, 1.807) is 18.2 Å². The van der Waals surface area contributed by atoms with Gasteiger partial charge in [-0.2, -0.15) is 18.3 Å². The zero-order valence-electron chi connectivity index (χ0n) is 17.3. The van der Waals surface area contributed by atoms with Gasteiger partial charge in [0.05, 0.1) is 31.9 Å². The molecule has 0 aliphatic rings. The van der Waals surface area contributed by atoms with E-state index in [-0.39, 0.29) is 5.56 Å². The maximum Gasteiger partial charge on any atom is 0.390 e. The lowest BCUT2D eigenvalue weighted by Gasteiger charge is -2.18. The molecule has 9 heteroatoms. The average Bonchev–Trinajstić information content (AvgIpc) is 3.22. The highest BCUT2D eigenvalue weighted by Crippen LogP contribution is 2.34. The van der Waals surface area contributed by atoms with Crippen molar-refractivity contribution in [3.05, 3.63) is 60.3 Å². The lowest BCUT2D eigenvalue weighted by atomic mass is 10.1. The normalized spacial score (nSPS) is 11.3. The lowest BCUT2D eigenvalue weighted by molar-refractivity contribution is -0.136. The molecule has 0 saturated carbocycles. The van der Waals surface area contributed by atoms with Crippen LogP contribution in [0.1, 0.15) is 16.8 Å². The topological polar surface area (TPSA) is 56.6 Å². The van der Waals surface area contributed by atoms with E-state index >= 15 is 0 Å². The molecule has 0 saturated heterocycles. The van der Waals surface area contributed by atoms with Gasteiger partial charge in [0.2, 0.25) is 0 Å². The van der Waals surface area contributed by atoms with Crippen LogP contribution in [-0.4, -0.2) is 54.6 Å². The Morgan fingerprint density at radius 3 is 2.35 bits per heavy atom. The van der Waals surface area contributed by atoms with Gasteiger partial charge in [-0.3, -0.25) is 4.79 Å². The van der Waals surface area contributed by atoms with Crippen molar-refractivity contribution in [3.8, 4) is 28.4 Å². The van der Waals surface area contributed by atoms with Gasteiger partial charge in [-0.1, -0.05) is 18.2 Å². The molecule has 0 atom stereocenters.